The molecule has 0 aliphatic heterocycles. The van der Waals surface area contributed by atoms with Crippen molar-refractivity contribution in [1.82, 2.24) is 4.57 Å². The minimum atomic E-state index is 1.09. The Kier molecular flexibility index (Phi) is 9.57. The Bertz CT molecular complexity index is 3330. The highest BCUT2D eigenvalue weighted by molar-refractivity contribution is 6.17. The molecule has 0 saturated carbocycles. The number of rotatable bonds is 9. The molecule has 0 bridgehead atoms. The predicted molar refractivity (Wildman–Crippen MR) is 263 cm³/mol. The molecule has 0 unspecified atom stereocenters. The molecule has 2 nitrogen and oxygen atoms in total. The average molecular weight is 791 g/mol. The third kappa shape index (κ3) is 6.56. The van der Waals surface area contributed by atoms with Crippen molar-refractivity contribution in [1.29, 1.82) is 0 Å². The first-order valence-corrected chi connectivity index (χ1v) is 21.3. The predicted octanol–water partition coefficient (Wildman–Crippen LogP) is 16.6. The summed E-state index contributed by atoms with van der Waals surface area (Å²) in [5, 5.41) is 2.39. The molecule has 2 heteroatoms. The van der Waals surface area contributed by atoms with Gasteiger partial charge in [-0.05, 0) is 87.0 Å². The Morgan fingerprint density at radius 1 is 0.242 bits per heavy atom. The second kappa shape index (κ2) is 16.1. The Morgan fingerprint density at radius 3 is 1.32 bits per heavy atom. The average Bonchev–Trinajstić information content (AvgIpc) is 3.70. The maximum atomic E-state index is 2.51. The van der Waals surface area contributed by atoms with Crippen LogP contribution in [0.5, 0.6) is 0 Å². The van der Waals surface area contributed by atoms with Gasteiger partial charge in [0.25, 0.3) is 0 Å². The van der Waals surface area contributed by atoms with Gasteiger partial charge in [0.15, 0.2) is 0 Å². The van der Waals surface area contributed by atoms with Gasteiger partial charge in [0, 0.05) is 27.6 Å². The van der Waals surface area contributed by atoms with E-state index in [0.717, 1.165) is 45.0 Å². The van der Waals surface area contributed by atoms with Crippen molar-refractivity contribution < 1.29 is 0 Å². The molecule has 11 rings (SSSR count). The molecule has 0 radical (unpaired) electrons. The molecule has 0 aliphatic rings. The second-order valence-electron chi connectivity index (χ2n) is 15.6. The summed E-state index contributed by atoms with van der Waals surface area (Å²) in [5.74, 6) is 0. The van der Waals surface area contributed by atoms with Crippen molar-refractivity contribution in [3.05, 3.63) is 255 Å². The zero-order chi connectivity index (χ0) is 41.2. The fourth-order valence-electron chi connectivity index (χ4n) is 9.25. The van der Waals surface area contributed by atoms with Crippen LogP contribution in [0.2, 0.25) is 0 Å². The van der Waals surface area contributed by atoms with Crippen LogP contribution >= 0.6 is 0 Å². The summed E-state index contributed by atoms with van der Waals surface area (Å²) in [6.45, 7) is 0. The Balaban J connectivity index is 1.18. The van der Waals surface area contributed by atoms with Crippen LogP contribution in [0.4, 0.5) is 17.1 Å². The van der Waals surface area contributed by atoms with Gasteiger partial charge in [-0.3, -0.25) is 0 Å². The van der Waals surface area contributed by atoms with Gasteiger partial charge in [-0.2, -0.15) is 0 Å². The highest BCUT2D eigenvalue weighted by Gasteiger charge is 2.26. The molecule has 292 valence electrons. The summed E-state index contributed by atoms with van der Waals surface area (Å²) in [6.07, 6.45) is 0. The van der Waals surface area contributed by atoms with Crippen LogP contribution in [0.1, 0.15) is 0 Å². The van der Waals surface area contributed by atoms with Crippen molar-refractivity contribution >= 4 is 38.9 Å². The highest BCUT2D eigenvalue weighted by Crippen LogP contribution is 2.50. The van der Waals surface area contributed by atoms with Crippen LogP contribution in [0, 0.1) is 0 Å². The van der Waals surface area contributed by atoms with E-state index in [9.17, 15) is 0 Å². The Hall–Kier alpha value is -8.20. The lowest BCUT2D eigenvalue weighted by Crippen LogP contribution is -2.13. The first-order chi connectivity index (χ1) is 30.8. The van der Waals surface area contributed by atoms with E-state index in [1.165, 1.54) is 55.2 Å². The van der Waals surface area contributed by atoms with Gasteiger partial charge in [0.05, 0.1) is 28.1 Å². The van der Waals surface area contributed by atoms with Gasteiger partial charge in [0.1, 0.15) is 0 Å². The lowest BCUT2D eigenvalue weighted by Gasteiger charge is -2.31. The van der Waals surface area contributed by atoms with E-state index in [1.807, 2.05) is 0 Å². The standard InChI is InChI=1S/C60H42N2/c1-4-21-43(22-5-1)44-39-41-46(42-40-44)49-28-14-17-34-55(49)62(59-38-20-37-58-60(59)54-33-16-19-36-57(54)61(58)47-25-8-3-9-26-47)56-35-18-15-32-53(56)52-31-13-12-30-51(52)50-29-11-10-27-48(50)45-23-6-2-7-24-45/h1-42H. The van der Waals surface area contributed by atoms with E-state index >= 15 is 0 Å². The molecule has 62 heavy (non-hydrogen) atoms. The molecular formula is C60H42N2. The van der Waals surface area contributed by atoms with Crippen LogP contribution in [0.15, 0.2) is 255 Å². The lowest BCUT2D eigenvalue weighted by molar-refractivity contribution is 1.18. The van der Waals surface area contributed by atoms with E-state index in [0.29, 0.717) is 0 Å². The quantitative estimate of drug-likeness (QED) is 0.141. The number of anilines is 3. The van der Waals surface area contributed by atoms with Gasteiger partial charge in [-0.25, -0.2) is 0 Å². The SMILES string of the molecule is c1ccc(-c2ccc(-c3ccccc3N(c3ccccc3-c3ccccc3-c3ccccc3-c3ccccc3)c3cccc4c3c3ccccc3n4-c3ccccc3)cc2)cc1. The molecule has 1 aromatic heterocycles. The van der Waals surface area contributed by atoms with E-state index in [-0.39, 0.29) is 0 Å². The molecule has 0 spiro atoms. The number of hydrogen-bond donors (Lipinski definition) is 0. The van der Waals surface area contributed by atoms with Crippen LogP contribution < -0.4 is 4.90 Å². The zero-order valence-corrected chi connectivity index (χ0v) is 34.1. The summed E-state index contributed by atoms with van der Waals surface area (Å²) in [4.78, 5) is 2.51. The minimum Gasteiger partial charge on any atom is -0.309 e. The van der Waals surface area contributed by atoms with E-state index in [2.05, 4.69) is 264 Å². The topological polar surface area (TPSA) is 8.17 Å². The van der Waals surface area contributed by atoms with E-state index < -0.39 is 0 Å². The lowest BCUT2D eigenvalue weighted by atomic mass is 9.88. The Morgan fingerprint density at radius 2 is 0.645 bits per heavy atom. The number of nitrogens with zero attached hydrogens (tertiary/aromatic N) is 2. The third-order valence-electron chi connectivity index (χ3n) is 12.0. The molecular weight excluding hydrogens is 749 g/mol. The summed E-state index contributed by atoms with van der Waals surface area (Å²) < 4.78 is 2.41. The molecule has 0 fully saturated rings. The van der Waals surface area contributed by atoms with Crippen molar-refractivity contribution in [3.63, 3.8) is 0 Å². The minimum absolute atomic E-state index is 1.09. The normalized spacial score (nSPS) is 11.2. The number of fused-ring (bicyclic) bond motifs is 3. The Labute approximate surface area is 362 Å². The summed E-state index contributed by atoms with van der Waals surface area (Å²) in [6, 6.07) is 92.1. The molecule has 0 aliphatic carbocycles. The van der Waals surface area contributed by atoms with Crippen LogP contribution in [0.3, 0.4) is 0 Å². The van der Waals surface area contributed by atoms with Gasteiger partial charge < -0.3 is 9.47 Å². The van der Waals surface area contributed by atoms with Gasteiger partial charge >= 0.3 is 0 Å². The first-order valence-electron chi connectivity index (χ1n) is 21.3. The van der Waals surface area contributed by atoms with Crippen LogP contribution in [0.25, 0.3) is 83.1 Å². The van der Waals surface area contributed by atoms with Gasteiger partial charge in [0.2, 0.25) is 0 Å². The van der Waals surface area contributed by atoms with Crippen LogP contribution in [-0.4, -0.2) is 4.57 Å². The zero-order valence-electron chi connectivity index (χ0n) is 34.1. The summed E-state index contributed by atoms with van der Waals surface area (Å²) in [7, 11) is 0. The molecule has 0 N–H and O–H groups in total. The highest BCUT2D eigenvalue weighted by atomic mass is 15.2. The fraction of sp³-hybridized carbons (Fsp3) is 0. The maximum Gasteiger partial charge on any atom is 0.0562 e. The number of aromatic nitrogens is 1. The number of hydrogen-bond acceptors (Lipinski definition) is 1. The van der Waals surface area contributed by atoms with E-state index in [4.69, 9.17) is 0 Å². The molecule has 1 heterocycles. The smallest absolute Gasteiger partial charge is 0.0562 e. The number of para-hydroxylation sites is 4. The van der Waals surface area contributed by atoms with Crippen LogP contribution in [-0.2, 0) is 0 Å². The first kappa shape index (κ1) is 36.8. The maximum absolute atomic E-state index is 2.51. The van der Waals surface area contributed by atoms with Crippen molar-refractivity contribution in [2.45, 2.75) is 0 Å². The molecule has 0 saturated heterocycles. The third-order valence-corrected chi connectivity index (χ3v) is 12.0. The molecule has 10 aromatic carbocycles. The second-order valence-corrected chi connectivity index (χ2v) is 15.6. The largest absolute Gasteiger partial charge is 0.309 e. The summed E-state index contributed by atoms with van der Waals surface area (Å²) >= 11 is 0. The molecule has 11 aromatic rings. The van der Waals surface area contributed by atoms with Crippen molar-refractivity contribution in [2.24, 2.45) is 0 Å². The van der Waals surface area contributed by atoms with Gasteiger partial charge in [-0.15, -0.1) is 0 Å². The molecule has 0 amide bonds. The van der Waals surface area contributed by atoms with E-state index in [1.54, 1.807) is 0 Å². The van der Waals surface area contributed by atoms with Crippen molar-refractivity contribution in [3.8, 4) is 61.3 Å². The van der Waals surface area contributed by atoms with Gasteiger partial charge in [-0.1, -0.05) is 212 Å². The monoisotopic (exact) mass is 790 g/mol. The number of benzene rings is 10. The van der Waals surface area contributed by atoms with Crippen molar-refractivity contribution in [2.75, 3.05) is 4.90 Å². The summed E-state index contributed by atoms with van der Waals surface area (Å²) in [5.41, 5.74) is 18.5. The molecule has 0 atom stereocenters. The fourth-order valence-corrected chi connectivity index (χ4v) is 9.25.